The summed E-state index contributed by atoms with van der Waals surface area (Å²) in [5.41, 5.74) is 9.57. The molecule has 2 aliphatic carbocycles. The first-order chi connectivity index (χ1) is 9.75. The van der Waals surface area contributed by atoms with Gasteiger partial charge in [0, 0.05) is 11.8 Å². The lowest BCUT2D eigenvalue weighted by molar-refractivity contribution is -0.141. The van der Waals surface area contributed by atoms with Gasteiger partial charge in [0.2, 0.25) is 17.5 Å². The van der Waals surface area contributed by atoms with Gasteiger partial charge in [0.25, 0.3) is 5.78 Å². The van der Waals surface area contributed by atoms with Crippen LogP contribution in [0.2, 0.25) is 0 Å². The number of ketones is 3. The highest BCUT2D eigenvalue weighted by molar-refractivity contribution is 6.68. The van der Waals surface area contributed by atoms with E-state index in [1.165, 1.54) is 0 Å². The number of carboxylic acid groups (broad SMARTS) is 1. The quantitative estimate of drug-likeness (QED) is 0.551. The van der Waals surface area contributed by atoms with Crippen LogP contribution in [0.3, 0.4) is 0 Å². The van der Waals surface area contributed by atoms with Crippen LogP contribution >= 0.6 is 0 Å². The Morgan fingerprint density at radius 3 is 1.81 bits per heavy atom. The first-order valence-corrected chi connectivity index (χ1v) is 6.64. The Kier molecular flexibility index (Phi) is 5.71. The second-order valence-corrected chi connectivity index (χ2v) is 5.17. The Balaban J connectivity index is 0.000000222. The molecule has 2 unspecified atom stereocenters. The topological polar surface area (TPSA) is 158 Å². The molecule has 0 aromatic heterocycles. The largest absolute Gasteiger partial charge is 0.480 e. The van der Waals surface area contributed by atoms with Gasteiger partial charge in [0.1, 0.15) is 6.04 Å². The molecule has 0 aromatic carbocycles. The second-order valence-electron chi connectivity index (χ2n) is 5.17. The maximum atomic E-state index is 11.2. The zero-order chi connectivity index (χ0) is 16.2. The van der Waals surface area contributed by atoms with Crippen molar-refractivity contribution in [3.8, 4) is 0 Å². The van der Waals surface area contributed by atoms with Crippen LogP contribution in [-0.2, 0) is 24.0 Å². The smallest absolute Gasteiger partial charge is 0.321 e. The van der Waals surface area contributed by atoms with Crippen molar-refractivity contribution in [2.24, 2.45) is 23.3 Å². The number of carbonyl (C=O) groups excluding carboxylic acids is 4. The summed E-state index contributed by atoms with van der Waals surface area (Å²) in [6.45, 7) is 0. The molecule has 2 aliphatic rings. The minimum absolute atomic E-state index is 0.251. The van der Waals surface area contributed by atoms with E-state index in [4.69, 9.17) is 10.8 Å². The molecule has 3 atom stereocenters. The number of rotatable bonds is 3. The maximum absolute atomic E-state index is 11.2. The first kappa shape index (κ1) is 17.0. The molecule has 1 amide bonds. The molecule has 0 spiro atoms. The fourth-order valence-corrected chi connectivity index (χ4v) is 2.52. The van der Waals surface area contributed by atoms with E-state index in [9.17, 15) is 24.0 Å². The van der Waals surface area contributed by atoms with Crippen LogP contribution < -0.4 is 11.5 Å². The summed E-state index contributed by atoms with van der Waals surface area (Å²) in [6, 6.07) is -1.16. The summed E-state index contributed by atoms with van der Waals surface area (Å²) in [4.78, 5) is 53.2. The van der Waals surface area contributed by atoms with Crippen LogP contribution in [0, 0.1) is 11.8 Å². The number of amides is 1. The van der Waals surface area contributed by atoms with E-state index in [0.717, 1.165) is 25.7 Å². The standard InChI is InChI=1S/C9H10O3.C4H8N2O3/c10-7-5-3-1-2-4-6(5)8(11)9(7)12;5-2(4(8)9)1-3(6)7/h5-6H,1-4H2;2H,1,5H2,(H2,6,7)(H,8,9)/t;2-/m.0/s1. The summed E-state index contributed by atoms with van der Waals surface area (Å²) in [5, 5.41) is 8.10. The Bertz CT molecular complexity index is 461. The van der Waals surface area contributed by atoms with Crippen LogP contribution in [0.5, 0.6) is 0 Å². The molecule has 0 bridgehead atoms. The predicted molar refractivity (Wildman–Crippen MR) is 69.9 cm³/mol. The average molecular weight is 298 g/mol. The second kappa shape index (κ2) is 7.07. The van der Waals surface area contributed by atoms with E-state index in [2.05, 4.69) is 5.73 Å². The third kappa shape index (κ3) is 4.19. The van der Waals surface area contributed by atoms with Crippen LogP contribution in [0.15, 0.2) is 0 Å². The Labute approximate surface area is 120 Å². The molecular formula is C13H18N2O6. The van der Waals surface area contributed by atoms with Crippen molar-refractivity contribution in [1.82, 2.24) is 0 Å². The van der Waals surface area contributed by atoms with Gasteiger partial charge < -0.3 is 16.6 Å². The minimum Gasteiger partial charge on any atom is -0.480 e. The predicted octanol–water partition coefficient (Wildman–Crippen LogP) is -1.21. The summed E-state index contributed by atoms with van der Waals surface area (Å²) < 4.78 is 0. The van der Waals surface area contributed by atoms with Crippen LogP contribution in [0.4, 0.5) is 0 Å². The van der Waals surface area contributed by atoms with Crippen LogP contribution in [-0.4, -0.2) is 40.4 Å². The Morgan fingerprint density at radius 2 is 1.52 bits per heavy atom. The highest BCUT2D eigenvalue weighted by atomic mass is 16.4. The molecule has 0 radical (unpaired) electrons. The number of hydrogen-bond acceptors (Lipinski definition) is 6. The molecule has 2 saturated carbocycles. The number of carboxylic acids is 1. The fourth-order valence-electron chi connectivity index (χ4n) is 2.52. The summed E-state index contributed by atoms with van der Waals surface area (Å²) >= 11 is 0. The summed E-state index contributed by atoms with van der Waals surface area (Å²) in [7, 11) is 0. The maximum Gasteiger partial charge on any atom is 0.321 e. The molecule has 116 valence electrons. The van der Waals surface area contributed by atoms with E-state index < -0.39 is 35.3 Å². The highest BCUT2D eigenvalue weighted by Gasteiger charge is 2.48. The Morgan fingerprint density at radius 1 is 1.10 bits per heavy atom. The van der Waals surface area contributed by atoms with Crippen molar-refractivity contribution in [3.05, 3.63) is 0 Å². The van der Waals surface area contributed by atoms with Crippen molar-refractivity contribution in [1.29, 1.82) is 0 Å². The number of primary amides is 1. The van der Waals surface area contributed by atoms with Gasteiger partial charge in [-0.05, 0) is 12.8 Å². The normalized spacial score (nSPS) is 25.7. The van der Waals surface area contributed by atoms with E-state index in [-0.39, 0.29) is 18.3 Å². The molecule has 5 N–H and O–H groups in total. The number of hydrogen-bond donors (Lipinski definition) is 3. The summed E-state index contributed by atoms with van der Waals surface area (Å²) in [5.74, 6) is -4.02. The van der Waals surface area contributed by atoms with E-state index in [0.29, 0.717) is 0 Å². The molecule has 2 fully saturated rings. The van der Waals surface area contributed by atoms with Crippen LogP contribution in [0.1, 0.15) is 32.1 Å². The van der Waals surface area contributed by atoms with Gasteiger partial charge in [-0.1, -0.05) is 12.8 Å². The van der Waals surface area contributed by atoms with Gasteiger partial charge in [-0.15, -0.1) is 0 Å². The SMILES string of the molecule is NC(=O)C[C@H](N)C(=O)O.O=C1C(=O)C2CCCCC2C1=O. The monoisotopic (exact) mass is 298 g/mol. The third-order valence-corrected chi connectivity index (χ3v) is 3.63. The van der Waals surface area contributed by atoms with Gasteiger partial charge in [-0.2, -0.15) is 0 Å². The highest BCUT2D eigenvalue weighted by Crippen LogP contribution is 2.36. The van der Waals surface area contributed by atoms with Crippen molar-refractivity contribution in [2.75, 3.05) is 0 Å². The van der Waals surface area contributed by atoms with Gasteiger partial charge in [0.15, 0.2) is 0 Å². The zero-order valence-corrected chi connectivity index (χ0v) is 11.4. The van der Waals surface area contributed by atoms with E-state index in [1.807, 2.05) is 0 Å². The number of Topliss-reactive ketones (excluding diaryl/α,β-unsaturated/α-hetero) is 3. The first-order valence-electron chi connectivity index (χ1n) is 6.64. The zero-order valence-electron chi connectivity index (χ0n) is 11.4. The van der Waals surface area contributed by atoms with Crippen molar-refractivity contribution in [3.63, 3.8) is 0 Å². The lowest BCUT2D eigenvalue weighted by Crippen LogP contribution is -2.34. The van der Waals surface area contributed by atoms with Crippen molar-refractivity contribution in [2.45, 2.75) is 38.1 Å². The number of carbonyl (C=O) groups is 5. The fraction of sp³-hybridized carbons (Fsp3) is 0.615. The van der Waals surface area contributed by atoms with Crippen LogP contribution in [0.25, 0.3) is 0 Å². The van der Waals surface area contributed by atoms with Crippen molar-refractivity contribution < 1.29 is 29.1 Å². The Hall–Kier alpha value is -2.09. The van der Waals surface area contributed by atoms with Gasteiger partial charge in [0.05, 0.1) is 6.42 Å². The molecule has 0 saturated heterocycles. The average Bonchev–Trinajstić information content (AvgIpc) is 2.64. The molecule has 8 heteroatoms. The van der Waals surface area contributed by atoms with Gasteiger partial charge in [-0.3, -0.25) is 24.0 Å². The molecular weight excluding hydrogens is 280 g/mol. The molecule has 2 rings (SSSR count). The lowest BCUT2D eigenvalue weighted by atomic mass is 9.81. The van der Waals surface area contributed by atoms with Gasteiger partial charge in [-0.25, -0.2) is 0 Å². The molecule has 0 heterocycles. The molecule has 0 aliphatic heterocycles. The number of aliphatic carboxylic acids is 1. The molecule has 8 nitrogen and oxygen atoms in total. The number of fused-ring (bicyclic) bond motifs is 1. The number of nitrogens with two attached hydrogens (primary N) is 2. The summed E-state index contributed by atoms with van der Waals surface area (Å²) in [6.07, 6.45) is 3.12. The lowest BCUT2D eigenvalue weighted by Gasteiger charge is -2.20. The third-order valence-electron chi connectivity index (χ3n) is 3.63. The molecule has 0 aromatic rings. The van der Waals surface area contributed by atoms with E-state index >= 15 is 0 Å². The van der Waals surface area contributed by atoms with Crippen molar-refractivity contribution >= 4 is 29.2 Å². The van der Waals surface area contributed by atoms with Gasteiger partial charge >= 0.3 is 5.97 Å². The van der Waals surface area contributed by atoms with E-state index in [1.54, 1.807) is 0 Å². The molecule has 21 heavy (non-hydrogen) atoms. The minimum atomic E-state index is -1.21.